The minimum Gasteiger partial charge on any atom is -0.355 e. The molecule has 2 aromatic heterocycles. The Hall–Kier alpha value is -3.37. The van der Waals surface area contributed by atoms with Gasteiger partial charge in [-0.25, -0.2) is 0 Å². The summed E-state index contributed by atoms with van der Waals surface area (Å²) in [7, 11) is 1.65. The van der Waals surface area contributed by atoms with Gasteiger partial charge in [-0.2, -0.15) is 0 Å². The average Bonchev–Trinajstić information content (AvgIpc) is 3.56. The molecule has 0 saturated heterocycles. The Morgan fingerprint density at radius 2 is 1.79 bits per heavy atom. The van der Waals surface area contributed by atoms with Crippen LogP contribution in [0.1, 0.15) is 24.1 Å². The van der Waals surface area contributed by atoms with Gasteiger partial charge in [0.1, 0.15) is 5.84 Å². The van der Waals surface area contributed by atoms with Crippen molar-refractivity contribution in [1.82, 2.24) is 14.8 Å². The van der Waals surface area contributed by atoms with Gasteiger partial charge in [0, 0.05) is 32.4 Å². The molecular weight excluding hydrogens is 468 g/mol. The van der Waals surface area contributed by atoms with Gasteiger partial charge in [0.25, 0.3) is 0 Å². The van der Waals surface area contributed by atoms with E-state index in [0.717, 1.165) is 28.0 Å². The first-order chi connectivity index (χ1) is 16.5. The zero-order chi connectivity index (χ0) is 24.3. The number of thiophene rings is 1. The number of para-hydroxylation sites is 2. The third-order valence-electron chi connectivity index (χ3n) is 4.95. The van der Waals surface area contributed by atoms with E-state index < -0.39 is 0 Å². The van der Waals surface area contributed by atoms with E-state index in [1.165, 1.54) is 16.2 Å². The van der Waals surface area contributed by atoms with Gasteiger partial charge < -0.3 is 20.1 Å². The second-order valence-corrected chi connectivity index (χ2v) is 9.35. The first-order valence-corrected chi connectivity index (χ1v) is 12.7. The Balaban J connectivity index is 1.31. The third kappa shape index (κ3) is 7.32. The summed E-state index contributed by atoms with van der Waals surface area (Å²) in [4.78, 5) is 26.7. The van der Waals surface area contributed by atoms with Crippen molar-refractivity contribution in [1.29, 1.82) is 10.8 Å². The minimum atomic E-state index is -0.170. The fourth-order valence-corrected chi connectivity index (χ4v) is 4.48. The lowest BCUT2D eigenvalue weighted by Gasteiger charge is -2.19. The second kappa shape index (κ2) is 12.8. The summed E-state index contributed by atoms with van der Waals surface area (Å²) in [6, 6.07) is 15.2. The normalized spacial score (nSPS) is 10.5. The molecule has 4 N–H and O–H groups in total. The number of benzene rings is 1. The maximum Gasteiger partial charge on any atom is 0.230 e. The molecule has 0 fully saturated rings. The molecule has 0 atom stereocenters. The van der Waals surface area contributed by atoms with E-state index in [-0.39, 0.29) is 28.6 Å². The summed E-state index contributed by atoms with van der Waals surface area (Å²) in [5.41, 5.74) is 1.67. The van der Waals surface area contributed by atoms with Gasteiger partial charge in [-0.3, -0.25) is 20.4 Å². The smallest absolute Gasteiger partial charge is 0.230 e. The van der Waals surface area contributed by atoms with Gasteiger partial charge >= 0.3 is 0 Å². The number of carbonyl (C=O) groups is 2. The zero-order valence-corrected chi connectivity index (χ0v) is 20.5. The molecule has 0 bridgehead atoms. The molecule has 0 aliphatic heterocycles. The topological polar surface area (TPSA) is 114 Å². The number of unbranched alkanes of at least 4 members (excludes halogenated alkanes) is 1. The van der Waals surface area contributed by atoms with Crippen molar-refractivity contribution in [3.8, 4) is 5.69 Å². The number of nitrogens with one attached hydrogen (secondary N) is 4. The summed E-state index contributed by atoms with van der Waals surface area (Å²) < 4.78 is 1.95. The van der Waals surface area contributed by atoms with Gasteiger partial charge in [0.2, 0.25) is 11.8 Å². The van der Waals surface area contributed by atoms with Crippen LogP contribution in [0.25, 0.3) is 5.69 Å². The maximum atomic E-state index is 12.4. The SMILES string of the molecule is CN(C(=N)SCC(=O)NCCCCC(=O)Nc1ccccc1-n1cccc1)C(=N)c1cccs1. The molecule has 1 aromatic carbocycles. The molecule has 178 valence electrons. The number of aromatic nitrogens is 1. The van der Waals surface area contributed by atoms with Crippen LogP contribution in [-0.4, -0.2) is 51.6 Å². The number of anilines is 1. The Morgan fingerprint density at radius 3 is 2.53 bits per heavy atom. The van der Waals surface area contributed by atoms with Crippen molar-refractivity contribution in [2.75, 3.05) is 24.7 Å². The van der Waals surface area contributed by atoms with Crippen LogP contribution in [0.4, 0.5) is 5.69 Å². The standard InChI is InChI=1S/C24H28N6O2S2/c1-29(23(25)20-11-8-16-33-20)24(26)34-17-22(32)27-13-5-4-12-21(31)28-18-9-2-3-10-19(18)30-14-6-7-15-30/h2-3,6-11,14-16,25-26H,4-5,12-13,17H2,1H3,(H,27,32)(H,28,31). The van der Waals surface area contributed by atoms with Gasteiger partial charge in [-0.1, -0.05) is 30.0 Å². The first-order valence-electron chi connectivity index (χ1n) is 10.8. The van der Waals surface area contributed by atoms with Gasteiger partial charge in [-0.05, 0) is 48.6 Å². The van der Waals surface area contributed by atoms with Crippen LogP contribution in [-0.2, 0) is 9.59 Å². The number of hydrogen-bond acceptors (Lipinski definition) is 6. The van der Waals surface area contributed by atoms with Crippen molar-refractivity contribution in [2.45, 2.75) is 19.3 Å². The molecule has 34 heavy (non-hydrogen) atoms. The number of carbonyl (C=O) groups excluding carboxylic acids is 2. The quantitative estimate of drug-likeness (QED) is 0.189. The highest BCUT2D eigenvalue weighted by atomic mass is 32.2. The summed E-state index contributed by atoms with van der Waals surface area (Å²) in [5.74, 6) is 0.113. The van der Waals surface area contributed by atoms with E-state index in [2.05, 4.69) is 10.6 Å². The minimum absolute atomic E-state index is 0.0637. The molecule has 3 aromatic rings. The third-order valence-corrected chi connectivity index (χ3v) is 6.78. The van der Waals surface area contributed by atoms with Gasteiger partial charge in [-0.15, -0.1) is 11.3 Å². The van der Waals surface area contributed by atoms with Crippen LogP contribution >= 0.6 is 23.1 Å². The summed E-state index contributed by atoms with van der Waals surface area (Å²) in [6.07, 6.45) is 5.56. The maximum absolute atomic E-state index is 12.4. The molecule has 0 aliphatic rings. The van der Waals surface area contributed by atoms with Gasteiger partial charge in [0.05, 0.1) is 22.0 Å². The summed E-state index contributed by atoms with van der Waals surface area (Å²) in [5, 5.41) is 24.0. The van der Waals surface area contributed by atoms with Crippen molar-refractivity contribution in [3.63, 3.8) is 0 Å². The van der Waals surface area contributed by atoms with Crippen LogP contribution in [0.5, 0.6) is 0 Å². The Bertz CT molecular complexity index is 1110. The molecule has 3 rings (SSSR count). The number of rotatable bonds is 10. The molecule has 0 unspecified atom stereocenters. The van der Waals surface area contributed by atoms with E-state index in [9.17, 15) is 9.59 Å². The largest absolute Gasteiger partial charge is 0.355 e. The lowest BCUT2D eigenvalue weighted by Crippen LogP contribution is -2.32. The number of amides is 2. The van der Waals surface area contributed by atoms with Crippen molar-refractivity contribution < 1.29 is 9.59 Å². The first kappa shape index (κ1) is 25.3. The van der Waals surface area contributed by atoms with Crippen LogP contribution < -0.4 is 10.6 Å². The van der Waals surface area contributed by atoms with E-state index in [1.54, 1.807) is 7.05 Å². The van der Waals surface area contributed by atoms with E-state index in [1.807, 2.05) is 70.9 Å². The summed E-state index contributed by atoms with van der Waals surface area (Å²) >= 11 is 2.52. The predicted octanol–water partition coefficient (Wildman–Crippen LogP) is 4.39. The van der Waals surface area contributed by atoms with Crippen LogP contribution in [0.15, 0.2) is 66.3 Å². The van der Waals surface area contributed by atoms with Crippen LogP contribution in [0.2, 0.25) is 0 Å². The van der Waals surface area contributed by atoms with Gasteiger partial charge in [0.15, 0.2) is 5.17 Å². The lowest BCUT2D eigenvalue weighted by molar-refractivity contribution is -0.118. The molecule has 0 aliphatic carbocycles. The van der Waals surface area contributed by atoms with Crippen molar-refractivity contribution in [3.05, 3.63) is 71.2 Å². The van der Waals surface area contributed by atoms with E-state index >= 15 is 0 Å². The Morgan fingerprint density at radius 1 is 1.03 bits per heavy atom. The average molecular weight is 497 g/mol. The molecule has 8 nitrogen and oxygen atoms in total. The predicted molar refractivity (Wildman–Crippen MR) is 140 cm³/mol. The summed E-state index contributed by atoms with van der Waals surface area (Å²) in [6.45, 7) is 0.473. The fraction of sp³-hybridized carbons (Fsp3) is 0.250. The number of nitrogens with zero attached hydrogens (tertiary/aromatic N) is 2. The second-order valence-electron chi connectivity index (χ2n) is 7.44. The van der Waals surface area contributed by atoms with Crippen LogP contribution in [0.3, 0.4) is 0 Å². The lowest BCUT2D eigenvalue weighted by atomic mass is 10.2. The number of hydrogen-bond donors (Lipinski definition) is 4. The number of amidine groups is 2. The molecule has 0 spiro atoms. The molecule has 0 saturated carbocycles. The molecular formula is C24H28N6O2S2. The zero-order valence-electron chi connectivity index (χ0n) is 18.9. The van der Waals surface area contributed by atoms with Crippen molar-refractivity contribution >= 4 is 51.6 Å². The molecule has 2 heterocycles. The van der Waals surface area contributed by atoms with E-state index in [4.69, 9.17) is 10.8 Å². The van der Waals surface area contributed by atoms with Crippen LogP contribution in [0, 0.1) is 10.8 Å². The highest BCUT2D eigenvalue weighted by Gasteiger charge is 2.15. The fourth-order valence-electron chi connectivity index (χ4n) is 3.11. The molecule has 10 heteroatoms. The van der Waals surface area contributed by atoms with E-state index in [0.29, 0.717) is 25.8 Å². The highest BCUT2D eigenvalue weighted by Crippen LogP contribution is 2.20. The number of thioether (sulfide) groups is 1. The molecule has 0 radical (unpaired) electrons. The molecule has 2 amide bonds. The van der Waals surface area contributed by atoms with Crippen molar-refractivity contribution in [2.24, 2.45) is 0 Å². The Labute approximate surface area is 207 Å². The highest BCUT2D eigenvalue weighted by molar-refractivity contribution is 8.14. The Kier molecular flexibility index (Phi) is 9.48. The monoisotopic (exact) mass is 496 g/mol.